The molecule has 3 aromatic rings. The van der Waals surface area contributed by atoms with E-state index in [0.29, 0.717) is 11.4 Å². The van der Waals surface area contributed by atoms with Crippen molar-refractivity contribution >= 4 is 0 Å². The summed E-state index contributed by atoms with van der Waals surface area (Å²) in [5, 5.41) is 0. The zero-order valence-corrected chi connectivity index (χ0v) is 20.3. The summed E-state index contributed by atoms with van der Waals surface area (Å²) in [6.45, 7) is 4.46. The number of hydrogen-bond acceptors (Lipinski definition) is 3. The SMILES string of the molecule is CCCCCCCc1ccc(-c2ccc(-c3ncc(CCCCCCC)cn3)c(F)c2)nc1. The number of nitrogens with zero attached hydrogens (tertiary/aromatic N) is 3. The Morgan fingerprint density at radius 3 is 1.82 bits per heavy atom. The van der Waals surface area contributed by atoms with E-state index in [1.165, 1.54) is 69.4 Å². The van der Waals surface area contributed by atoms with Crippen molar-refractivity contribution in [3.8, 4) is 22.6 Å². The molecule has 0 radical (unpaired) electrons. The Hall–Kier alpha value is -2.62. The zero-order chi connectivity index (χ0) is 23.3. The van der Waals surface area contributed by atoms with Gasteiger partial charge in [0.05, 0.1) is 11.3 Å². The minimum atomic E-state index is -0.318. The molecule has 3 rings (SSSR count). The zero-order valence-electron chi connectivity index (χ0n) is 20.3. The Morgan fingerprint density at radius 2 is 1.24 bits per heavy atom. The third-order valence-corrected chi connectivity index (χ3v) is 6.17. The summed E-state index contributed by atoms with van der Waals surface area (Å²) in [6, 6.07) is 9.29. The predicted molar refractivity (Wildman–Crippen MR) is 136 cm³/mol. The summed E-state index contributed by atoms with van der Waals surface area (Å²) in [6.07, 6.45) is 20.2. The summed E-state index contributed by atoms with van der Waals surface area (Å²) in [7, 11) is 0. The maximum atomic E-state index is 14.9. The van der Waals surface area contributed by atoms with Gasteiger partial charge in [0.1, 0.15) is 5.82 Å². The van der Waals surface area contributed by atoms with Crippen LogP contribution in [0.5, 0.6) is 0 Å². The van der Waals surface area contributed by atoms with Crippen LogP contribution in [0.3, 0.4) is 0 Å². The van der Waals surface area contributed by atoms with Gasteiger partial charge in [-0.05, 0) is 55.0 Å². The molecular formula is C29H38FN3. The van der Waals surface area contributed by atoms with E-state index >= 15 is 0 Å². The fourth-order valence-electron chi connectivity index (χ4n) is 4.09. The third kappa shape index (κ3) is 8.03. The van der Waals surface area contributed by atoms with Crippen LogP contribution in [-0.4, -0.2) is 15.0 Å². The number of hydrogen-bond donors (Lipinski definition) is 0. The fraction of sp³-hybridized carbons (Fsp3) is 0.483. The second kappa shape index (κ2) is 13.8. The van der Waals surface area contributed by atoms with Crippen LogP contribution < -0.4 is 0 Å². The van der Waals surface area contributed by atoms with Crippen LogP contribution in [0.2, 0.25) is 0 Å². The molecular weight excluding hydrogens is 409 g/mol. The van der Waals surface area contributed by atoms with Gasteiger partial charge in [-0.15, -0.1) is 0 Å². The Labute approximate surface area is 198 Å². The first-order valence-corrected chi connectivity index (χ1v) is 12.8. The molecule has 4 heteroatoms. The van der Waals surface area contributed by atoms with E-state index in [-0.39, 0.29) is 5.82 Å². The summed E-state index contributed by atoms with van der Waals surface area (Å²) in [5.74, 6) is 0.113. The molecule has 3 nitrogen and oxygen atoms in total. The molecule has 0 spiro atoms. The Kier molecular flexibility index (Phi) is 10.5. The van der Waals surface area contributed by atoms with Crippen molar-refractivity contribution in [2.45, 2.75) is 90.9 Å². The lowest BCUT2D eigenvalue weighted by Crippen LogP contribution is -1.96. The van der Waals surface area contributed by atoms with Gasteiger partial charge in [-0.1, -0.05) is 77.3 Å². The Morgan fingerprint density at radius 1 is 0.636 bits per heavy atom. The van der Waals surface area contributed by atoms with Gasteiger partial charge in [-0.2, -0.15) is 0 Å². The lowest BCUT2D eigenvalue weighted by atomic mass is 10.0. The van der Waals surface area contributed by atoms with Crippen LogP contribution in [0.4, 0.5) is 4.39 Å². The molecule has 0 amide bonds. The number of pyridine rings is 1. The average molecular weight is 448 g/mol. The van der Waals surface area contributed by atoms with Gasteiger partial charge in [0.25, 0.3) is 0 Å². The number of benzene rings is 1. The van der Waals surface area contributed by atoms with Gasteiger partial charge in [-0.3, -0.25) is 4.98 Å². The number of aromatic nitrogens is 3. The van der Waals surface area contributed by atoms with Gasteiger partial charge in [0, 0.05) is 24.2 Å². The second-order valence-electron chi connectivity index (χ2n) is 8.99. The van der Waals surface area contributed by atoms with Crippen molar-refractivity contribution in [2.75, 3.05) is 0 Å². The van der Waals surface area contributed by atoms with Crippen molar-refractivity contribution in [2.24, 2.45) is 0 Å². The smallest absolute Gasteiger partial charge is 0.162 e. The molecule has 176 valence electrons. The minimum Gasteiger partial charge on any atom is -0.256 e. The molecule has 1 aromatic carbocycles. The highest BCUT2D eigenvalue weighted by Gasteiger charge is 2.11. The Balaban J connectivity index is 1.57. The van der Waals surface area contributed by atoms with Crippen LogP contribution >= 0.6 is 0 Å². The quantitative estimate of drug-likeness (QED) is 0.233. The molecule has 0 saturated carbocycles. The largest absolute Gasteiger partial charge is 0.256 e. The van der Waals surface area contributed by atoms with Crippen molar-refractivity contribution in [3.63, 3.8) is 0 Å². The van der Waals surface area contributed by atoms with E-state index in [2.05, 4.69) is 34.9 Å². The van der Waals surface area contributed by atoms with Crippen molar-refractivity contribution in [1.82, 2.24) is 15.0 Å². The van der Waals surface area contributed by atoms with Crippen molar-refractivity contribution in [3.05, 3.63) is 65.9 Å². The molecule has 33 heavy (non-hydrogen) atoms. The highest BCUT2D eigenvalue weighted by atomic mass is 19.1. The van der Waals surface area contributed by atoms with Crippen LogP contribution in [0.15, 0.2) is 48.9 Å². The van der Waals surface area contributed by atoms with E-state index in [9.17, 15) is 4.39 Å². The van der Waals surface area contributed by atoms with Gasteiger partial charge in [0.2, 0.25) is 0 Å². The standard InChI is InChI=1S/C29H38FN3/c1-3-5-7-9-11-13-23-15-18-28(31-20-23)25-16-17-26(27(30)19-25)29-32-21-24(22-33-29)14-12-10-8-6-4-2/h15-22H,3-14H2,1-2H3. The lowest BCUT2D eigenvalue weighted by molar-refractivity contribution is 0.628. The van der Waals surface area contributed by atoms with E-state index in [1.54, 1.807) is 6.07 Å². The lowest BCUT2D eigenvalue weighted by Gasteiger charge is -2.07. The first-order valence-electron chi connectivity index (χ1n) is 12.8. The molecule has 0 N–H and O–H groups in total. The minimum absolute atomic E-state index is 0.318. The molecule has 0 aliphatic carbocycles. The predicted octanol–water partition coefficient (Wildman–Crippen LogP) is 8.37. The summed E-state index contributed by atoms with van der Waals surface area (Å²) >= 11 is 0. The molecule has 0 bridgehead atoms. The van der Waals surface area contributed by atoms with E-state index in [0.717, 1.165) is 36.1 Å². The van der Waals surface area contributed by atoms with Crippen LogP contribution in [0.25, 0.3) is 22.6 Å². The molecule has 0 atom stereocenters. The molecule has 2 heterocycles. The van der Waals surface area contributed by atoms with E-state index in [1.807, 2.05) is 30.7 Å². The summed E-state index contributed by atoms with van der Waals surface area (Å²) < 4.78 is 14.9. The highest BCUT2D eigenvalue weighted by Crippen LogP contribution is 2.25. The second-order valence-corrected chi connectivity index (χ2v) is 8.99. The first kappa shape index (κ1) is 25.0. The average Bonchev–Trinajstić information content (AvgIpc) is 2.85. The van der Waals surface area contributed by atoms with Gasteiger partial charge in [0.15, 0.2) is 5.82 Å². The van der Waals surface area contributed by atoms with Crippen molar-refractivity contribution < 1.29 is 4.39 Å². The molecule has 0 aliphatic heterocycles. The summed E-state index contributed by atoms with van der Waals surface area (Å²) in [4.78, 5) is 13.4. The number of unbranched alkanes of at least 4 members (excludes halogenated alkanes) is 8. The maximum Gasteiger partial charge on any atom is 0.162 e. The van der Waals surface area contributed by atoms with Gasteiger partial charge in [-0.25, -0.2) is 14.4 Å². The number of halogens is 1. The van der Waals surface area contributed by atoms with Crippen LogP contribution in [0, 0.1) is 5.82 Å². The first-order chi connectivity index (χ1) is 16.2. The van der Waals surface area contributed by atoms with E-state index < -0.39 is 0 Å². The van der Waals surface area contributed by atoms with Crippen LogP contribution in [-0.2, 0) is 12.8 Å². The summed E-state index contributed by atoms with van der Waals surface area (Å²) in [5.41, 5.74) is 4.34. The monoisotopic (exact) mass is 447 g/mol. The maximum absolute atomic E-state index is 14.9. The highest BCUT2D eigenvalue weighted by molar-refractivity contribution is 5.65. The van der Waals surface area contributed by atoms with Gasteiger partial charge >= 0.3 is 0 Å². The molecule has 2 aromatic heterocycles. The normalized spacial score (nSPS) is 11.1. The van der Waals surface area contributed by atoms with E-state index in [4.69, 9.17) is 0 Å². The number of aryl methyl sites for hydroxylation is 2. The molecule has 0 aliphatic rings. The fourth-order valence-corrected chi connectivity index (χ4v) is 4.09. The van der Waals surface area contributed by atoms with Crippen molar-refractivity contribution in [1.29, 1.82) is 0 Å². The number of rotatable bonds is 14. The Bertz CT molecular complexity index is 952. The third-order valence-electron chi connectivity index (χ3n) is 6.17. The molecule has 0 unspecified atom stereocenters. The topological polar surface area (TPSA) is 38.7 Å². The van der Waals surface area contributed by atoms with Gasteiger partial charge < -0.3 is 0 Å². The molecule has 0 saturated heterocycles. The molecule has 0 fully saturated rings. The van der Waals surface area contributed by atoms with Crippen LogP contribution in [0.1, 0.15) is 89.2 Å².